The first kappa shape index (κ1) is 21.9. The lowest BCUT2D eigenvalue weighted by molar-refractivity contribution is -0.383. The molecule has 1 aromatic heterocycles. The second-order valence-corrected chi connectivity index (χ2v) is 7.65. The molecule has 1 aliphatic rings. The SMILES string of the molecule is O=C(c1ccccc1)c1ccc(Nc2ncnc(N3CCC(C(=O)O)CC3)c2[N+](=O)[O-])cc1. The number of nitrogens with zero attached hydrogens (tertiary/aromatic N) is 4. The van der Waals surface area contributed by atoms with E-state index in [1.807, 2.05) is 6.07 Å². The second kappa shape index (κ2) is 9.43. The monoisotopic (exact) mass is 447 g/mol. The van der Waals surface area contributed by atoms with Gasteiger partial charge >= 0.3 is 11.7 Å². The molecular weight excluding hydrogens is 426 g/mol. The van der Waals surface area contributed by atoms with Gasteiger partial charge in [0.05, 0.1) is 10.8 Å². The average Bonchev–Trinajstić information content (AvgIpc) is 2.84. The van der Waals surface area contributed by atoms with Gasteiger partial charge in [-0.15, -0.1) is 0 Å². The maximum Gasteiger partial charge on any atom is 0.353 e. The first-order valence-corrected chi connectivity index (χ1v) is 10.4. The number of carbonyl (C=O) groups excluding carboxylic acids is 1. The van der Waals surface area contributed by atoms with Crippen molar-refractivity contribution in [2.45, 2.75) is 12.8 Å². The lowest BCUT2D eigenvalue weighted by atomic mass is 9.97. The number of rotatable bonds is 7. The summed E-state index contributed by atoms with van der Waals surface area (Å²) < 4.78 is 0. The fourth-order valence-electron chi connectivity index (χ4n) is 3.80. The Balaban J connectivity index is 1.55. The van der Waals surface area contributed by atoms with Crippen LogP contribution in [0.2, 0.25) is 0 Å². The molecule has 2 N–H and O–H groups in total. The number of benzene rings is 2. The molecule has 4 rings (SSSR count). The van der Waals surface area contributed by atoms with Gasteiger partial charge in [-0.25, -0.2) is 9.97 Å². The van der Waals surface area contributed by atoms with Crippen molar-refractivity contribution in [2.75, 3.05) is 23.3 Å². The Bertz CT molecular complexity index is 1180. The van der Waals surface area contributed by atoms with E-state index >= 15 is 0 Å². The number of aromatic nitrogens is 2. The quantitative estimate of drug-likeness (QED) is 0.315. The predicted octanol–water partition coefficient (Wildman–Crippen LogP) is 3.66. The number of hydrogen-bond donors (Lipinski definition) is 2. The van der Waals surface area contributed by atoms with Crippen molar-refractivity contribution >= 4 is 34.8 Å². The Hall–Kier alpha value is -4.34. The molecule has 0 spiro atoms. The van der Waals surface area contributed by atoms with Crippen molar-refractivity contribution in [1.82, 2.24) is 9.97 Å². The second-order valence-electron chi connectivity index (χ2n) is 7.65. The highest BCUT2D eigenvalue weighted by atomic mass is 16.6. The molecule has 10 heteroatoms. The minimum atomic E-state index is -0.858. The van der Waals surface area contributed by atoms with Crippen molar-refractivity contribution in [1.29, 1.82) is 0 Å². The van der Waals surface area contributed by atoms with Gasteiger partial charge in [0, 0.05) is 29.9 Å². The van der Waals surface area contributed by atoms with Crippen LogP contribution in [0.4, 0.5) is 23.0 Å². The fourth-order valence-corrected chi connectivity index (χ4v) is 3.80. The maximum atomic E-state index is 12.6. The lowest BCUT2D eigenvalue weighted by Gasteiger charge is -2.30. The Morgan fingerprint density at radius 2 is 1.64 bits per heavy atom. The highest BCUT2D eigenvalue weighted by molar-refractivity contribution is 6.09. The topological polar surface area (TPSA) is 139 Å². The summed E-state index contributed by atoms with van der Waals surface area (Å²) in [6.07, 6.45) is 2.01. The normalized spacial score (nSPS) is 14.0. The molecule has 2 aromatic carbocycles. The van der Waals surface area contributed by atoms with Crippen LogP contribution >= 0.6 is 0 Å². The van der Waals surface area contributed by atoms with E-state index in [2.05, 4.69) is 15.3 Å². The molecule has 33 heavy (non-hydrogen) atoms. The Labute approximate surface area is 189 Å². The summed E-state index contributed by atoms with van der Waals surface area (Å²) in [5.74, 6) is -1.27. The average molecular weight is 447 g/mol. The van der Waals surface area contributed by atoms with Crippen LogP contribution < -0.4 is 10.2 Å². The van der Waals surface area contributed by atoms with E-state index in [1.165, 1.54) is 6.33 Å². The van der Waals surface area contributed by atoms with Gasteiger partial charge in [0.25, 0.3) is 0 Å². The van der Waals surface area contributed by atoms with Crippen molar-refractivity contribution in [3.8, 4) is 0 Å². The third-order valence-corrected chi connectivity index (χ3v) is 5.58. The van der Waals surface area contributed by atoms with Crippen LogP contribution in [0.5, 0.6) is 0 Å². The highest BCUT2D eigenvalue weighted by Gasteiger charge is 2.31. The Morgan fingerprint density at radius 1 is 1.00 bits per heavy atom. The van der Waals surface area contributed by atoms with Gasteiger partial charge in [-0.3, -0.25) is 19.7 Å². The summed E-state index contributed by atoms with van der Waals surface area (Å²) in [5.41, 5.74) is 1.31. The minimum absolute atomic E-state index is 0.0208. The molecule has 0 aliphatic carbocycles. The number of hydrogen-bond acceptors (Lipinski definition) is 8. The molecule has 2 heterocycles. The van der Waals surface area contributed by atoms with E-state index in [0.29, 0.717) is 42.7 Å². The minimum Gasteiger partial charge on any atom is -0.481 e. The molecule has 1 fully saturated rings. The molecule has 1 aliphatic heterocycles. The zero-order chi connectivity index (χ0) is 23.4. The van der Waals surface area contributed by atoms with Crippen LogP contribution in [0.1, 0.15) is 28.8 Å². The third kappa shape index (κ3) is 4.79. The molecule has 10 nitrogen and oxygen atoms in total. The van der Waals surface area contributed by atoms with Gasteiger partial charge in [0.2, 0.25) is 11.6 Å². The number of ketones is 1. The molecule has 0 unspecified atom stereocenters. The van der Waals surface area contributed by atoms with Crippen LogP contribution in [0.3, 0.4) is 0 Å². The van der Waals surface area contributed by atoms with Crippen LogP contribution in [0.25, 0.3) is 0 Å². The smallest absolute Gasteiger partial charge is 0.353 e. The number of carboxylic acid groups (broad SMARTS) is 1. The Kier molecular flexibility index (Phi) is 6.25. The molecular formula is C23H21N5O5. The first-order valence-electron chi connectivity index (χ1n) is 10.4. The van der Waals surface area contributed by atoms with Crippen molar-refractivity contribution in [3.63, 3.8) is 0 Å². The molecule has 0 bridgehead atoms. The summed E-state index contributed by atoms with van der Waals surface area (Å²) in [4.78, 5) is 45.0. The van der Waals surface area contributed by atoms with Gasteiger partial charge in [-0.1, -0.05) is 30.3 Å². The van der Waals surface area contributed by atoms with Crippen LogP contribution in [0, 0.1) is 16.0 Å². The predicted molar refractivity (Wildman–Crippen MR) is 121 cm³/mol. The first-order chi connectivity index (χ1) is 15.9. The van der Waals surface area contributed by atoms with Crippen molar-refractivity contribution < 1.29 is 19.6 Å². The molecule has 0 saturated carbocycles. The van der Waals surface area contributed by atoms with Gasteiger partial charge in [0.1, 0.15) is 6.33 Å². The summed E-state index contributed by atoms with van der Waals surface area (Å²) in [5, 5.41) is 24.0. The molecule has 0 amide bonds. The summed E-state index contributed by atoms with van der Waals surface area (Å²) >= 11 is 0. The maximum absolute atomic E-state index is 12.6. The number of nitro groups is 1. The van der Waals surface area contributed by atoms with E-state index < -0.39 is 16.8 Å². The van der Waals surface area contributed by atoms with E-state index in [9.17, 15) is 24.8 Å². The van der Waals surface area contributed by atoms with Gasteiger partial charge < -0.3 is 15.3 Å². The molecule has 168 valence electrons. The van der Waals surface area contributed by atoms with Crippen LogP contribution in [-0.4, -0.2) is 44.8 Å². The molecule has 3 aromatic rings. The van der Waals surface area contributed by atoms with Gasteiger partial charge in [-0.2, -0.15) is 0 Å². The van der Waals surface area contributed by atoms with E-state index in [-0.39, 0.29) is 23.1 Å². The third-order valence-electron chi connectivity index (χ3n) is 5.58. The number of piperidine rings is 1. The largest absolute Gasteiger partial charge is 0.481 e. The van der Waals surface area contributed by atoms with Crippen LogP contribution in [0.15, 0.2) is 60.9 Å². The number of nitrogens with one attached hydrogen (secondary N) is 1. The number of aliphatic carboxylic acids is 1. The standard InChI is InChI=1S/C23H21N5O5/c29-20(15-4-2-1-3-5-15)16-6-8-18(9-7-16)26-21-19(28(32)33)22(25-14-24-21)27-12-10-17(11-13-27)23(30)31/h1-9,14,17H,10-13H2,(H,30,31)(H,24,25,26). The molecule has 0 atom stereocenters. The van der Waals surface area contributed by atoms with E-state index in [4.69, 9.17) is 0 Å². The highest BCUT2D eigenvalue weighted by Crippen LogP contribution is 2.35. The van der Waals surface area contributed by atoms with Crippen LogP contribution in [-0.2, 0) is 4.79 Å². The van der Waals surface area contributed by atoms with Crippen molar-refractivity contribution in [3.05, 3.63) is 82.2 Å². The lowest BCUT2D eigenvalue weighted by Crippen LogP contribution is -2.37. The van der Waals surface area contributed by atoms with Gasteiger partial charge in [-0.05, 0) is 37.1 Å². The van der Waals surface area contributed by atoms with Crippen molar-refractivity contribution in [2.24, 2.45) is 5.92 Å². The zero-order valence-electron chi connectivity index (χ0n) is 17.5. The van der Waals surface area contributed by atoms with E-state index in [0.717, 1.165) is 0 Å². The zero-order valence-corrected chi connectivity index (χ0v) is 17.5. The van der Waals surface area contributed by atoms with E-state index in [1.54, 1.807) is 53.4 Å². The summed E-state index contributed by atoms with van der Waals surface area (Å²) in [7, 11) is 0. The number of carboxylic acids is 1. The number of carbonyl (C=O) groups is 2. The summed E-state index contributed by atoms with van der Waals surface area (Å²) in [6.45, 7) is 0.703. The fraction of sp³-hybridized carbons (Fsp3) is 0.217. The number of anilines is 3. The molecule has 1 saturated heterocycles. The molecule has 0 radical (unpaired) electrons. The Morgan fingerprint density at radius 3 is 2.24 bits per heavy atom. The van der Waals surface area contributed by atoms with Gasteiger partial charge in [0.15, 0.2) is 5.78 Å². The summed E-state index contributed by atoms with van der Waals surface area (Å²) in [6, 6.07) is 15.5.